The van der Waals surface area contributed by atoms with Gasteiger partial charge in [-0.15, -0.1) is 21.5 Å². The highest BCUT2D eigenvalue weighted by atomic mass is 32.2. The monoisotopic (exact) mass is 392 g/mol. The number of nitrogens with one attached hydrogen (secondary N) is 1. The number of amides is 1. The van der Waals surface area contributed by atoms with Crippen LogP contribution in [-0.2, 0) is 24.7 Å². The summed E-state index contributed by atoms with van der Waals surface area (Å²) in [6, 6.07) is 2.30. The molecule has 3 rings (SSSR count). The minimum absolute atomic E-state index is 0.0178. The topological polar surface area (TPSA) is 59.8 Å². The lowest BCUT2D eigenvalue weighted by atomic mass is 9.87. The highest BCUT2D eigenvalue weighted by Gasteiger charge is 2.23. The van der Waals surface area contributed by atoms with Gasteiger partial charge in [-0.3, -0.25) is 4.79 Å². The summed E-state index contributed by atoms with van der Waals surface area (Å²) in [5.74, 6) is 2.08. The van der Waals surface area contributed by atoms with Crippen LogP contribution >= 0.6 is 23.1 Å². The molecule has 2 aromatic rings. The Morgan fingerprint density at radius 3 is 2.88 bits per heavy atom. The van der Waals surface area contributed by atoms with Crippen molar-refractivity contribution in [1.29, 1.82) is 0 Å². The minimum Gasteiger partial charge on any atom is -0.351 e. The number of aromatic nitrogens is 3. The first kappa shape index (κ1) is 19.4. The number of hydrogen-bond acceptors (Lipinski definition) is 5. The van der Waals surface area contributed by atoms with Gasteiger partial charge in [-0.25, -0.2) is 0 Å². The van der Waals surface area contributed by atoms with Gasteiger partial charge in [0.15, 0.2) is 11.0 Å². The molecule has 0 bridgehead atoms. The zero-order valence-corrected chi connectivity index (χ0v) is 17.9. The second kappa shape index (κ2) is 7.72. The fourth-order valence-corrected chi connectivity index (χ4v) is 5.24. The van der Waals surface area contributed by atoms with Gasteiger partial charge in [0.25, 0.3) is 0 Å². The van der Waals surface area contributed by atoms with Crippen LogP contribution < -0.4 is 5.32 Å². The molecule has 0 spiro atoms. The van der Waals surface area contributed by atoms with Crippen molar-refractivity contribution >= 4 is 29.0 Å². The first-order valence-electron chi connectivity index (χ1n) is 9.22. The van der Waals surface area contributed by atoms with Crippen LogP contribution in [0.2, 0.25) is 0 Å². The predicted octanol–water partition coefficient (Wildman–Crippen LogP) is 4.07. The number of carbonyl (C=O) groups is 1. The molecular weight excluding hydrogens is 364 g/mol. The Labute approximate surface area is 164 Å². The van der Waals surface area contributed by atoms with Crippen LogP contribution in [-0.4, -0.2) is 32.0 Å². The highest BCUT2D eigenvalue weighted by molar-refractivity contribution is 7.99. The molecule has 1 aliphatic carbocycles. The van der Waals surface area contributed by atoms with Crippen LogP contribution in [0.5, 0.6) is 0 Å². The molecular formula is C19H28N4OS2. The lowest BCUT2D eigenvalue weighted by molar-refractivity contribution is -0.119. The molecule has 1 atom stereocenters. The molecule has 1 aliphatic rings. The summed E-state index contributed by atoms with van der Waals surface area (Å²) in [4.78, 5) is 14.7. The number of thioether (sulfide) groups is 1. The number of thiophene rings is 1. The molecule has 0 aromatic carbocycles. The van der Waals surface area contributed by atoms with Gasteiger partial charge >= 0.3 is 0 Å². The summed E-state index contributed by atoms with van der Waals surface area (Å²) in [6.45, 7) is 8.23. The van der Waals surface area contributed by atoms with Crippen molar-refractivity contribution in [2.45, 2.75) is 64.1 Å². The molecule has 0 saturated carbocycles. The highest BCUT2D eigenvalue weighted by Crippen LogP contribution is 2.37. The van der Waals surface area contributed by atoms with E-state index in [4.69, 9.17) is 0 Å². The van der Waals surface area contributed by atoms with E-state index in [1.165, 1.54) is 52.8 Å². The molecule has 0 saturated heterocycles. The third kappa shape index (κ3) is 4.49. The fraction of sp³-hybridized carbons (Fsp3) is 0.632. The van der Waals surface area contributed by atoms with E-state index in [1.807, 2.05) is 43.7 Å². The van der Waals surface area contributed by atoms with E-state index in [1.54, 1.807) is 0 Å². The lowest BCUT2D eigenvalue weighted by Gasteiger charge is -2.20. The van der Waals surface area contributed by atoms with Crippen LogP contribution in [0.1, 0.15) is 51.0 Å². The maximum Gasteiger partial charge on any atom is 0.230 e. The number of aryl methyl sites for hydroxylation is 1. The van der Waals surface area contributed by atoms with Crippen molar-refractivity contribution in [3.05, 3.63) is 16.5 Å². The Kier molecular flexibility index (Phi) is 5.77. The molecule has 1 amide bonds. The van der Waals surface area contributed by atoms with Gasteiger partial charge in [0.1, 0.15) is 0 Å². The second-order valence-corrected chi connectivity index (χ2v) is 10.1. The summed E-state index contributed by atoms with van der Waals surface area (Å²) >= 11 is 3.28. The van der Waals surface area contributed by atoms with Crippen molar-refractivity contribution in [3.8, 4) is 10.7 Å². The van der Waals surface area contributed by atoms with Crippen molar-refractivity contribution < 1.29 is 4.79 Å². The van der Waals surface area contributed by atoms with Gasteiger partial charge in [0, 0.05) is 17.5 Å². The van der Waals surface area contributed by atoms with E-state index < -0.39 is 0 Å². The van der Waals surface area contributed by atoms with Crippen LogP contribution in [0.4, 0.5) is 0 Å². The Hall–Kier alpha value is -1.34. The molecule has 1 N–H and O–H groups in total. The van der Waals surface area contributed by atoms with Crippen molar-refractivity contribution in [1.82, 2.24) is 20.1 Å². The normalized spacial score (nSPS) is 17.2. The molecule has 7 heteroatoms. The zero-order chi connectivity index (χ0) is 18.9. The van der Waals surface area contributed by atoms with Gasteiger partial charge in [-0.2, -0.15) is 0 Å². The minimum atomic E-state index is -0.213. The molecule has 0 radical (unpaired) electrons. The van der Waals surface area contributed by atoms with Crippen molar-refractivity contribution in [2.75, 3.05) is 5.75 Å². The summed E-state index contributed by atoms with van der Waals surface area (Å²) in [7, 11) is 1.98. The first-order chi connectivity index (χ1) is 12.3. The molecule has 2 heterocycles. The third-order valence-corrected chi connectivity index (χ3v) is 6.92. The van der Waals surface area contributed by atoms with E-state index in [0.717, 1.165) is 16.9 Å². The Morgan fingerprint density at radius 2 is 2.19 bits per heavy atom. The Balaban J connectivity index is 1.70. The summed E-state index contributed by atoms with van der Waals surface area (Å²) in [5, 5.41) is 12.4. The Bertz CT molecular complexity index is 788. The van der Waals surface area contributed by atoms with Crippen LogP contribution in [0.15, 0.2) is 11.2 Å². The SMILES string of the molecule is CC[C@H]1CCc2sc(-c3nnc(SCC(=O)NC(C)(C)C)n3C)cc2C1. The molecule has 142 valence electrons. The van der Waals surface area contributed by atoms with Crippen LogP contribution in [0, 0.1) is 5.92 Å². The Morgan fingerprint density at radius 1 is 1.42 bits per heavy atom. The summed E-state index contributed by atoms with van der Waals surface area (Å²) in [5.41, 5.74) is 1.28. The van der Waals surface area contributed by atoms with Crippen molar-refractivity contribution in [3.63, 3.8) is 0 Å². The summed E-state index contributed by atoms with van der Waals surface area (Å²) in [6.07, 6.45) is 4.93. The number of rotatable bonds is 5. The van der Waals surface area contributed by atoms with E-state index in [2.05, 4.69) is 28.5 Å². The molecule has 2 aromatic heterocycles. The van der Waals surface area contributed by atoms with E-state index in [9.17, 15) is 4.79 Å². The molecule has 0 fully saturated rings. The predicted molar refractivity (Wildman–Crippen MR) is 109 cm³/mol. The smallest absolute Gasteiger partial charge is 0.230 e. The maximum absolute atomic E-state index is 12.0. The standard InChI is InChI=1S/C19H28N4OS2/c1-6-12-7-8-14-13(9-12)10-15(26-14)17-21-22-18(23(17)5)25-11-16(24)20-19(2,3)4/h10,12H,6-9,11H2,1-5H3,(H,20,24)/t12-/m0/s1. The van der Waals surface area contributed by atoms with Gasteiger partial charge in [-0.1, -0.05) is 25.1 Å². The van der Waals surface area contributed by atoms with Gasteiger partial charge in [0.05, 0.1) is 10.6 Å². The van der Waals surface area contributed by atoms with Crippen LogP contribution in [0.25, 0.3) is 10.7 Å². The quantitative estimate of drug-likeness (QED) is 0.780. The van der Waals surface area contributed by atoms with Gasteiger partial charge < -0.3 is 9.88 Å². The zero-order valence-electron chi connectivity index (χ0n) is 16.3. The maximum atomic E-state index is 12.0. The number of carbonyl (C=O) groups excluding carboxylic acids is 1. The van der Waals surface area contributed by atoms with Gasteiger partial charge in [-0.05, 0) is 57.6 Å². The third-order valence-electron chi connectivity index (χ3n) is 4.66. The molecule has 5 nitrogen and oxygen atoms in total. The number of nitrogens with zero attached hydrogens (tertiary/aromatic N) is 3. The van der Waals surface area contributed by atoms with Crippen LogP contribution in [0.3, 0.4) is 0 Å². The average molecular weight is 393 g/mol. The lowest BCUT2D eigenvalue weighted by Crippen LogP contribution is -2.41. The second-order valence-electron chi connectivity index (χ2n) is 8.03. The van der Waals surface area contributed by atoms with Gasteiger partial charge in [0.2, 0.25) is 5.91 Å². The molecule has 0 unspecified atom stereocenters. The van der Waals surface area contributed by atoms with E-state index >= 15 is 0 Å². The number of fused-ring (bicyclic) bond motifs is 1. The number of hydrogen-bond donors (Lipinski definition) is 1. The van der Waals surface area contributed by atoms with Crippen molar-refractivity contribution in [2.24, 2.45) is 13.0 Å². The fourth-order valence-electron chi connectivity index (χ4n) is 3.30. The molecule has 0 aliphatic heterocycles. The van der Waals surface area contributed by atoms with E-state index in [0.29, 0.717) is 5.75 Å². The van der Waals surface area contributed by atoms with E-state index in [-0.39, 0.29) is 11.4 Å². The summed E-state index contributed by atoms with van der Waals surface area (Å²) < 4.78 is 2.00. The molecule has 26 heavy (non-hydrogen) atoms. The largest absolute Gasteiger partial charge is 0.351 e. The first-order valence-corrected chi connectivity index (χ1v) is 11.0. The average Bonchev–Trinajstić information content (AvgIpc) is 3.13.